The van der Waals surface area contributed by atoms with Crippen molar-refractivity contribution in [1.82, 2.24) is 20.1 Å². The molecule has 124 valence electrons. The number of halogens is 3. The predicted octanol–water partition coefficient (Wildman–Crippen LogP) is 2.40. The molecule has 0 bridgehead atoms. The zero-order valence-corrected chi connectivity index (χ0v) is 12.1. The van der Waals surface area contributed by atoms with Crippen molar-refractivity contribution in [2.75, 3.05) is 0 Å². The van der Waals surface area contributed by atoms with E-state index in [0.29, 0.717) is 0 Å². The first-order chi connectivity index (χ1) is 11.5. The van der Waals surface area contributed by atoms with Crippen LogP contribution in [0.5, 0.6) is 5.75 Å². The van der Waals surface area contributed by atoms with Crippen molar-refractivity contribution in [1.29, 1.82) is 0 Å². The van der Waals surface area contributed by atoms with Crippen molar-refractivity contribution < 1.29 is 22.7 Å². The van der Waals surface area contributed by atoms with Crippen LogP contribution < -0.4 is 10.1 Å². The molecule has 0 radical (unpaired) electrons. The first kappa shape index (κ1) is 15.8. The van der Waals surface area contributed by atoms with Gasteiger partial charge in [0.15, 0.2) is 11.6 Å². The van der Waals surface area contributed by atoms with E-state index in [1.165, 1.54) is 10.7 Å². The SMILES string of the molecule is O=C(NCc1cnn2ncccc12)c1ccc(OC(F)F)c(F)c1. The number of rotatable bonds is 5. The second-order valence-electron chi connectivity index (χ2n) is 4.77. The van der Waals surface area contributed by atoms with Crippen molar-refractivity contribution in [3.63, 3.8) is 0 Å². The highest BCUT2D eigenvalue weighted by molar-refractivity contribution is 5.94. The van der Waals surface area contributed by atoms with Gasteiger partial charge in [-0.1, -0.05) is 0 Å². The molecule has 1 aromatic carbocycles. The molecule has 2 aromatic heterocycles. The highest BCUT2D eigenvalue weighted by atomic mass is 19.3. The van der Waals surface area contributed by atoms with Gasteiger partial charge >= 0.3 is 6.61 Å². The van der Waals surface area contributed by atoms with E-state index in [1.54, 1.807) is 24.5 Å². The Morgan fingerprint density at radius 1 is 1.29 bits per heavy atom. The Hall–Kier alpha value is -3.10. The lowest BCUT2D eigenvalue weighted by Gasteiger charge is -2.08. The van der Waals surface area contributed by atoms with Gasteiger partial charge in [-0.05, 0) is 30.3 Å². The van der Waals surface area contributed by atoms with Gasteiger partial charge in [-0.15, -0.1) is 0 Å². The molecule has 2 heterocycles. The minimum atomic E-state index is -3.14. The van der Waals surface area contributed by atoms with Crippen LogP contribution in [0.15, 0.2) is 42.7 Å². The molecule has 0 aliphatic carbocycles. The van der Waals surface area contributed by atoms with Gasteiger partial charge in [0.05, 0.1) is 11.7 Å². The summed E-state index contributed by atoms with van der Waals surface area (Å²) in [6.45, 7) is -2.98. The van der Waals surface area contributed by atoms with Crippen LogP contribution in [0.4, 0.5) is 13.2 Å². The molecule has 0 fully saturated rings. The van der Waals surface area contributed by atoms with Crippen LogP contribution >= 0.6 is 0 Å². The Morgan fingerprint density at radius 3 is 2.88 bits per heavy atom. The summed E-state index contributed by atoms with van der Waals surface area (Å²) in [5.74, 6) is -2.21. The summed E-state index contributed by atoms with van der Waals surface area (Å²) < 4.78 is 43.2. The second-order valence-corrected chi connectivity index (χ2v) is 4.77. The number of nitrogens with one attached hydrogen (secondary N) is 1. The molecule has 0 saturated heterocycles. The number of carbonyl (C=O) groups excluding carboxylic acids is 1. The van der Waals surface area contributed by atoms with Gasteiger partial charge in [-0.3, -0.25) is 4.79 Å². The molecule has 9 heteroatoms. The number of benzene rings is 1. The minimum Gasteiger partial charge on any atom is -0.432 e. The van der Waals surface area contributed by atoms with E-state index in [2.05, 4.69) is 20.3 Å². The Balaban J connectivity index is 1.70. The van der Waals surface area contributed by atoms with E-state index in [9.17, 15) is 18.0 Å². The average Bonchev–Trinajstić information content (AvgIpc) is 2.97. The zero-order valence-electron chi connectivity index (χ0n) is 12.1. The van der Waals surface area contributed by atoms with Crippen molar-refractivity contribution in [2.45, 2.75) is 13.2 Å². The maximum Gasteiger partial charge on any atom is 0.387 e. The molecule has 24 heavy (non-hydrogen) atoms. The Kier molecular flexibility index (Phi) is 4.32. The van der Waals surface area contributed by atoms with Crippen LogP contribution in [0.2, 0.25) is 0 Å². The third kappa shape index (κ3) is 3.29. The number of nitrogens with zero attached hydrogens (tertiary/aromatic N) is 3. The number of aromatic nitrogens is 3. The molecular formula is C15H11F3N4O2. The van der Waals surface area contributed by atoms with E-state index in [-0.39, 0.29) is 12.1 Å². The topological polar surface area (TPSA) is 68.5 Å². The summed E-state index contributed by atoms with van der Waals surface area (Å²) in [5, 5.41) is 10.6. The molecule has 3 rings (SSSR count). The van der Waals surface area contributed by atoms with Crippen LogP contribution in [0, 0.1) is 5.82 Å². The first-order valence-electron chi connectivity index (χ1n) is 6.85. The van der Waals surface area contributed by atoms with E-state index < -0.39 is 24.1 Å². The van der Waals surface area contributed by atoms with Crippen LogP contribution in [0.25, 0.3) is 5.52 Å². The Bertz CT molecular complexity index is 882. The van der Waals surface area contributed by atoms with E-state index in [0.717, 1.165) is 23.2 Å². The smallest absolute Gasteiger partial charge is 0.387 e. The molecular weight excluding hydrogens is 325 g/mol. The quantitative estimate of drug-likeness (QED) is 0.777. The molecule has 0 unspecified atom stereocenters. The average molecular weight is 336 g/mol. The second kappa shape index (κ2) is 6.57. The normalized spacial score (nSPS) is 11.0. The standard InChI is InChI=1S/C15H11F3N4O2/c16-11-6-9(3-4-13(11)24-15(17)18)14(23)19-7-10-8-21-22-12(10)2-1-5-20-22/h1-6,8,15H,7H2,(H,19,23). The molecule has 0 spiro atoms. The third-order valence-corrected chi connectivity index (χ3v) is 3.23. The number of amides is 1. The third-order valence-electron chi connectivity index (χ3n) is 3.23. The van der Waals surface area contributed by atoms with E-state index >= 15 is 0 Å². The maximum atomic E-state index is 13.6. The van der Waals surface area contributed by atoms with Gasteiger partial charge < -0.3 is 10.1 Å². The summed E-state index contributed by atoms with van der Waals surface area (Å²) in [7, 11) is 0. The predicted molar refractivity (Wildman–Crippen MR) is 77.2 cm³/mol. The monoisotopic (exact) mass is 336 g/mol. The van der Waals surface area contributed by atoms with Gasteiger partial charge in [-0.2, -0.15) is 23.6 Å². The van der Waals surface area contributed by atoms with E-state index in [4.69, 9.17) is 0 Å². The summed E-state index contributed by atoms with van der Waals surface area (Å²) in [4.78, 5) is 12.1. The van der Waals surface area contributed by atoms with Gasteiger partial charge in [0.25, 0.3) is 5.91 Å². The van der Waals surface area contributed by atoms with Crippen molar-refractivity contribution >= 4 is 11.4 Å². The van der Waals surface area contributed by atoms with Crippen LogP contribution in [0.3, 0.4) is 0 Å². The van der Waals surface area contributed by atoms with Gasteiger partial charge in [0, 0.05) is 23.9 Å². The summed E-state index contributed by atoms with van der Waals surface area (Å²) >= 11 is 0. The maximum absolute atomic E-state index is 13.6. The Labute approximate surface area is 133 Å². The number of hydrogen-bond acceptors (Lipinski definition) is 4. The van der Waals surface area contributed by atoms with Gasteiger partial charge in [-0.25, -0.2) is 4.39 Å². The highest BCUT2D eigenvalue weighted by Crippen LogP contribution is 2.20. The van der Waals surface area contributed by atoms with Crippen molar-refractivity contribution in [3.05, 3.63) is 59.7 Å². The number of hydrogen-bond donors (Lipinski definition) is 1. The first-order valence-corrected chi connectivity index (χ1v) is 6.85. The molecule has 1 N–H and O–H groups in total. The summed E-state index contributed by atoms with van der Waals surface area (Å²) in [6.07, 6.45) is 3.14. The molecule has 6 nitrogen and oxygen atoms in total. The fourth-order valence-corrected chi connectivity index (χ4v) is 2.13. The molecule has 3 aromatic rings. The van der Waals surface area contributed by atoms with Crippen LogP contribution in [-0.4, -0.2) is 27.3 Å². The van der Waals surface area contributed by atoms with Crippen LogP contribution in [0.1, 0.15) is 15.9 Å². The number of alkyl halides is 2. The van der Waals surface area contributed by atoms with E-state index in [1.807, 2.05) is 0 Å². The molecule has 0 aliphatic heterocycles. The summed E-state index contributed by atoms with van der Waals surface area (Å²) in [5.41, 5.74) is 1.45. The lowest BCUT2D eigenvalue weighted by atomic mass is 10.2. The number of fused-ring (bicyclic) bond motifs is 1. The number of carbonyl (C=O) groups is 1. The largest absolute Gasteiger partial charge is 0.432 e. The minimum absolute atomic E-state index is 0.0104. The van der Waals surface area contributed by atoms with Crippen LogP contribution in [-0.2, 0) is 6.54 Å². The Morgan fingerprint density at radius 2 is 2.12 bits per heavy atom. The highest BCUT2D eigenvalue weighted by Gasteiger charge is 2.14. The van der Waals surface area contributed by atoms with Gasteiger partial charge in [0.1, 0.15) is 0 Å². The lowest BCUT2D eigenvalue weighted by Crippen LogP contribution is -2.23. The molecule has 0 saturated carbocycles. The molecule has 1 amide bonds. The lowest BCUT2D eigenvalue weighted by molar-refractivity contribution is -0.0521. The summed E-state index contributed by atoms with van der Waals surface area (Å²) in [6, 6.07) is 6.55. The number of ether oxygens (including phenoxy) is 1. The van der Waals surface area contributed by atoms with Crippen molar-refractivity contribution in [3.8, 4) is 5.75 Å². The fourth-order valence-electron chi connectivity index (χ4n) is 2.13. The van der Waals surface area contributed by atoms with Gasteiger partial charge in [0.2, 0.25) is 0 Å². The molecule has 0 aliphatic rings. The zero-order chi connectivity index (χ0) is 17.1. The molecule has 0 atom stereocenters. The fraction of sp³-hybridized carbons (Fsp3) is 0.133. The van der Waals surface area contributed by atoms with Crippen molar-refractivity contribution in [2.24, 2.45) is 0 Å².